The fourth-order valence-electron chi connectivity index (χ4n) is 3.05. The molecule has 1 aliphatic heterocycles. The summed E-state index contributed by atoms with van der Waals surface area (Å²) in [5.74, 6) is 0.852. The van der Waals surface area contributed by atoms with Crippen LogP contribution in [-0.4, -0.2) is 23.6 Å². The van der Waals surface area contributed by atoms with Gasteiger partial charge in [-0.05, 0) is 65.3 Å². The van der Waals surface area contributed by atoms with Gasteiger partial charge in [-0.1, -0.05) is 0 Å². The minimum atomic E-state index is -0.417. The van der Waals surface area contributed by atoms with Crippen LogP contribution in [0.15, 0.2) is 24.3 Å². The van der Waals surface area contributed by atoms with Crippen LogP contribution in [0.25, 0.3) is 0 Å². The van der Waals surface area contributed by atoms with Gasteiger partial charge in [0.2, 0.25) is 0 Å². The predicted molar refractivity (Wildman–Crippen MR) is 79.3 cm³/mol. The average molecular weight is 276 g/mol. The molecule has 3 nitrogen and oxygen atoms in total. The first kappa shape index (κ1) is 15.0. The standard InChI is InChI=1S/C17H24O3/c1-6-19-13-9-7-12(8-10-13)15(18)14-11-16(2,3)20-17(14,4)5/h7-10,14H,6,11H2,1-5H3. The van der Waals surface area contributed by atoms with E-state index in [0.29, 0.717) is 6.61 Å². The van der Waals surface area contributed by atoms with E-state index in [0.717, 1.165) is 17.7 Å². The Morgan fingerprint density at radius 3 is 2.30 bits per heavy atom. The molecule has 1 fully saturated rings. The highest BCUT2D eigenvalue weighted by atomic mass is 16.5. The van der Waals surface area contributed by atoms with Crippen LogP contribution < -0.4 is 4.74 Å². The van der Waals surface area contributed by atoms with E-state index < -0.39 is 5.60 Å². The van der Waals surface area contributed by atoms with Gasteiger partial charge in [-0.3, -0.25) is 4.79 Å². The van der Waals surface area contributed by atoms with Crippen molar-refractivity contribution in [2.24, 2.45) is 5.92 Å². The Morgan fingerprint density at radius 1 is 1.25 bits per heavy atom. The molecule has 1 atom stereocenters. The van der Waals surface area contributed by atoms with Gasteiger partial charge in [-0.25, -0.2) is 0 Å². The van der Waals surface area contributed by atoms with E-state index in [1.807, 2.05) is 58.9 Å². The minimum absolute atomic E-state index is 0.101. The summed E-state index contributed by atoms with van der Waals surface area (Å²) in [6.45, 7) is 10.7. The van der Waals surface area contributed by atoms with Crippen LogP contribution >= 0.6 is 0 Å². The molecular formula is C17H24O3. The van der Waals surface area contributed by atoms with Crippen molar-refractivity contribution >= 4 is 5.78 Å². The van der Waals surface area contributed by atoms with Crippen LogP contribution in [0.2, 0.25) is 0 Å². The first-order valence-corrected chi connectivity index (χ1v) is 7.22. The molecule has 0 aliphatic carbocycles. The molecule has 1 saturated heterocycles. The largest absolute Gasteiger partial charge is 0.494 e. The second-order valence-corrected chi connectivity index (χ2v) is 6.54. The fraction of sp³-hybridized carbons (Fsp3) is 0.588. The number of Topliss-reactive ketones (excluding diaryl/α,β-unsaturated/α-hetero) is 1. The van der Waals surface area contributed by atoms with Gasteiger partial charge in [0, 0.05) is 5.56 Å². The molecule has 0 amide bonds. The van der Waals surface area contributed by atoms with Gasteiger partial charge >= 0.3 is 0 Å². The summed E-state index contributed by atoms with van der Waals surface area (Å²) in [7, 11) is 0. The lowest BCUT2D eigenvalue weighted by Crippen LogP contribution is -2.33. The van der Waals surface area contributed by atoms with Gasteiger partial charge in [-0.2, -0.15) is 0 Å². The Balaban J connectivity index is 2.19. The van der Waals surface area contributed by atoms with Crippen LogP contribution in [0.4, 0.5) is 0 Å². The maximum atomic E-state index is 12.7. The SMILES string of the molecule is CCOc1ccc(C(=O)C2CC(C)(C)OC2(C)C)cc1. The van der Waals surface area contributed by atoms with E-state index >= 15 is 0 Å². The molecule has 1 aliphatic rings. The van der Waals surface area contributed by atoms with E-state index in [4.69, 9.17) is 9.47 Å². The molecule has 0 aromatic heterocycles. The molecule has 0 saturated carbocycles. The second kappa shape index (κ2) is 5.21. The fourth-order valence-corrected chi connectivity index (χ4v) is 3.05. The van der Waals surface area contributed by atoms with Crippen LogP contribution in [0.3, 0.4) is 0 Å². The molecule has 1 heterocycles. The van der Waals surface area contributed by atoms with Crippen LogP contribution in [0.1, 0.15) is 51.4 Å². The topological polar surface area (TPSA) is 35.5 Å². The van der Waals surface area contributed by atoms with E-state index in [9.17, 15) is 4.79 Å². The summed E-state index contributed by atoms with van der Waals surface area (Å²) in [4.78, 5) is 12.7. The molecule has 0 bridgehead atoms. The van der Waals surface area contributed by atoms with Crippen molar-refractivity contribution in [1.82, 2.24) is 0 Å². The summed E-state index contributed by atoms with van der Waals surface area (Å²) in [5, 5.41) is 0. The van der Waals surface area contributed by atoms with Gasteiger partial charge in [0.15, 0.2) is 5.78 Å². The molecule has 0 radical (unpaired) electrons. The van der Waals surface area contributed by atoms with E-state index in [1.54, 1.807) is 0 Å². The first-order valence-electron chi connectivity index (χ1n) is 7.22. The molecule has 1 unspecified atom stereocenters. The van der Waals surface area contributed by atoms with Crippen LogP contribution in [0.5, 0.6) is 5.75 Å². The third kappa shape index (κ3) is 3.04. The van der Waals surface area contributed by atoms with Gasteiger partial charge in [-0.15, -0.1) is 0 Å². The third-order valence-electron chi connectivity index (χ3n) is 3.84. The van der Waals surface area contributed by atoms with Gasteiger partial charge < -0.3 is 9.47 Å². The van der Waals surface area contributed by atoms with Gasteiger partial charge in [0.1, 0.15) is 5.75 Å². The average Bonchev–Trinajstić information content (AvgIpc) is 2.58. The molecule has 110 valence electrons. The number of benzene rings is 1. The lowest BCUT2D eigenvalue weighted by molar-refractivity contribution is -0.0712. The van der Waals surface area contributed by atoms with Crippen LogP contribution in [-0.2, 0) is 4.74 Å². The number of carbonyl (C=O) groups excluding carboxylic acids is 1. The number of rotatable bonds is 4. The molecule has 20 heavy (non-hydrogen) atoms. The van der Waals surface area contributed by atoms with E-state index in [-0.39, 0.29) is 17.3 Å². The summed E-state index contributed by atoms with van der Waals surface area (Å²) in [6, 6.07) is 7.39. The molecule has 0 N–H and O–H groups in total. The van der Waals surface area contributed by atoms with E-state index in [1.165, 1.54) is 0 Å². The van der Waals surface area contributed by atoms with Crippen molar-refractivity contribution in [3.63, 3.8) is 0 Å². The minimum Gasteiger partial charge on any atom is -0.494 e. The molecule has 2 rings (SSSR count). The van der Waals surface area contributed by atoms with Crippen molar-refractivity contribution in [2.75, 3.05) is 6.61 Å². The van der Waals surface area contributed by atoms with E-state index in [2.05, 4.69) is 0 Å². The summed E-state index contributed by atoms with van der Waals surface area (Å²) in [6.07, 6.45) is 0.756. The quantitative estimate of drug-likeness (QED) is 0.783. The zero-order chi connectivity index (χ0) is 15.0. The molecule has 0 spiro atoms. The predicted octanol–water partition coefficient (Wildman–Crippen LogP) is 3.86. The maximum Gasteiger partial charge on any atom is 0.168 e. The lowest BCUT2D eigenvalue weighted by atomic mass is 9.82. The van der Waals surface area contributed by atoms with Crippen molar-refractivity contribution in [1.29, 1.82) is 0 Å². The number of carbonyl (C=O) groups is 1. The highest BCUT2D eigenvalue weighted by Gasteiger charge is 2.49. The zero-order valence-electron chi connectivity index (χ0n) is 13.0. The Kier molecular flexibility index (Phi) is 3.92. The number of hydrogen-bond donors (Lipinski definition) is 0. The number of hydrogen-bond acceptors (Lipinski definition) is 3. The van der Waals surface area contributed by atoms with Gasteiger partial charge in [0.05, 0.1) is 23.7 Å². The van der Waals surface area contributed by atoms with Crippen LogP contribution in [0, 0.1) is 5.92 Å². The number of ketones is 1. The Labute approximate surface area is 121 Å². The Morgan fingerprint density at radius 2 is 1.85 bits per heavy atom. The van der Waals surface area contributed by atoms with Gasteiger partial charge in [0.25, 0.3) is 0 Å². The molecular weight excluding hydrogens is 252 g/mol. The monoisotopic (exact) mass is 276 g/mol. The summed E-state index contributed by atoms with van der Waals surface area (Å²) in [5.41, 5.74) is 0.0710. The first-order chi connectivity index (χ1) is 9.25. The maximum absolute atomic E-state index is 12.7. The molecule has 1 aromatic carbocycles. The normalized spacial score (nSPS) is 23.6. The smallest absolute Gasteiger partial charge is 0.168 e. The van der Waals surface area contributed by atoms with Crippen molar-refractivity contribution in [3.05, 3.63) is 29.8 Å². The molecule has 1 aromatic rings. The Hall–Kier alpha value is -1.35. The molecule has 3 heteroatoms. The highest BCUT2D eigenvalue weighted by molar-refractivity contribution is 5.98. The van der Waals surface area contributed by atoms with Crippen molar-refractivity contribution in [3.8, 4) is 5.75 Å². The zero-order valence-corrected chi connectivity index (χ0v) is 13.0. The lowest BCUT2D eigenvalue weighted by Gasteiger charge is -2.26. The summed E-state index contributed by atoms with van der Waals surface area (Å²) < 4.78 is 11.4. The summed E-state index contributed by atoms with van der Waals surface area (Å²) >= 11 is 0. The highest BCUT2D eigenvalue weighted by Crippen LogP contribution is 2.43. The Bertz CT molecular complexity index is 485. The second-order valence-electron chi connectivity index (χ2n) is 6.54. The third-order valence-corrected chi connectivity index (χ3v) is 3.84. The number of ether oxygens (including phenoxy) is 2. The van der Waals surface area contributed by atoms with Crippen molar-refractivity contribution < 1.29 is 14.3 Å². The van der Waals surface area contributed by atoms with Crippen molar-refractivity contribution in [2.45, 2.75) is 52.2 Å².